The average Bonchev–Trinajstić information content (AvgIpc) is 3.49. The summed E-state index contributed by atoms with van der Waals surface area (Å²) in [5.74, 6) is -0.613. The van der Waals surface area contributed by atoms with Gasteiger partial charge in [0.2, 0.25) is 0 Å². The van der Waals surface area contributed by atoms with Crippen LogP contribution < -0.4 is 11.1 Å². The Labute approximate surface area is 218 Å². The van der Waals surface area contributed by atoms with Gasteiger partial charge in [0.05, 0.1) is 11.6 Å². The maximum atomic E-state index is 13.7. The van der Waals surface area contributed by atoms with Crippen LogP contribution in [0, 0.1) is 31.0 Å². The molecule has 1 amide bonds. The number of hydrogen-bond donors (Lipinski definition) is 2. The zero-order valence-electron chi connectivity index (χ0n) is 21.0. The number of nitrogens with two attached hydrogens (primary N) is 1. The van der Waals surface area contributed by atoms with E-state index in [-0.39, 0.29) is 11.5 Å². The van der Waals surface area contributed by atoms with Gasteiger partial charge in [-0.1, -0.05) is 24.3 Å². The Morgan fingerprint density at radius 2 is 1.61 bits per heavy atom. The van der Waals surface area contributed by atoms with E-state index >= 15 is 0 Å². The minimum Gasteiger partial charge on any atom is -0.455 e. The number of halogens is 1. The van der Waals surface area contributed by atoms with Gasteiger partial charge < -0.3 is 15.5 Å². The van der Waals surface area contributed by atoms with Crippen LogP contribution in [0.15, 0.2) is 71.1 Å². The number of nitriles is 1. The summed E-state index contributed by atoms with van der Waals surface area (Å²) in [6, 6.07) is 21.8. The fourth-order valence-electron chi connectivity index (χ4n) is 5.39. The molecule has 6 aromatic rings. The van der Waals surface area contributed by atoms with Gasteiger partial charge in [0.25, 0.3) is 5.91 Å². The van der Waals surface area contributed by atoms with E-state index < -0.39 is 5.82 Å². The molecular formula is C32H24FN3O2. The van der Waals surface area contributed by atoms with E-state index in [1.807, 2.05) is 50.2 Å². The van der Waals surface area contributed by atoms with E-state index in [2.05, 4.69) is 23.5 Å². The lowest BCUT2D eigenvalue weighted by Gasteiger charge is -2.13. The molecule has 0 aliphatic carbocycles. The van der Waals surface area contributed by atoms with Gasteiger partial charge in [0.15, 0.2) is 0 Å². The Balaban J connectivity index is 1.35. The van der Waals surface area contributed by atoms with Gasteiger partial charge in [-0.25, -0.2) is 4.39 Å². The van der Waals surface area contributed by atoms with Crippen LogP contribution in [0.4, 0.5) is 4.39 Å². The number of nitrogens with one attached hydrogen (secondary N) is 1. The first-order chi connectivity index (χ1) is 18.4. The molecule has 0 fully saturated rings. The maximum absolute atomic E-state index is 13.7. The summed E-state index contributed by atoms with van der Waals surface area (Å²) >= 11 is 0. The summed E-state index contributed by atoms with van der Waals surface area (Å²) in [6.45, 7) is 4.97. The molecule has 0 aliphatic heterocycles. The Morgan fingerprint density at radius 1 is 0.921 bits per heavy atom. The molecule has 0 saturated carbocycles. The van der Waals surface area contributed by atoms with E-state index in [1.54, 1.807) is 6.07 Å². The zero-order chi connectivity index (χ0) is 26.6. The van der Waals surface area contributed by atoms with Crippen molar-refractivity contribution >= 4 is 38.6 Å². The molecule has 6 rings (SSSR count). The molecule has 186 valence electrons. The number of nitrogens with zero attached hydrogens (tertiary/aromatic N) is 1. The number of carbonyl (C=O) groups is 1. The minimum absolute atomic E-state index is 0.165. The largest absolute Gasteiger partial charge is 0.455 e. The smallest absolute Gasteiger partial charge is 0.251 e. The number of furan rings is 2. The maximum Gasteiger partial charge on any atom is 0.251 e. The number of benzene rings is 5. The average molecular weight is 502 g/mol. The van der Waals surface area contributed by atoms with E-state index in [0.717, 1.165) is 54.9 Å². The Morgan fingerprint density at radius 3 is 2.32 bits per heavy atom. The second-order valence-corrected chi connectivity index (χ2v) is 9.68. The number of aryl methyl sites for hydroxylation is 2. The van der Waals surface area contributed by atoms with Crippen molar-refractivity contribution in [3.8, 4) is 17.2 Å². The molecular weight excluding hydrogens is 477 g/mol. The molecule has 6 heteroatoms. The first kappa shape index (κ1) is 23.7. The number of hydrogen-bond acceptors (Lipinski definition) is 4. The van der Waals surface area contributed by atoms with Crippen LogP contribution in [0.3, 0.4) is 0 Å². The molecule has 0 atom stereocenters. The van der Waals surface area contributed by atoms with Crippen LogP contribution in [0.1, 0.15) is 38.2 Å². The van der Waals surface area contributed by atoms with Crippen LogP contribution >= 0.6 is 0 Å². The summed E-state index contributed by atoms with van der Waals surface area (Å²) < 4.78 is 19.8. The van der Waals surface area contributed by atoms with Crippen LogP contribution in [0.5, 0.6) is 0 Å². The van der Waals surface area contributed by atoms with Gasteiger partial charge in [0.1, 0.15) is 17.0 Å². The fraction of sp³-hybridized carbons (Fsp3) is 0.125. The Bertz CT molecular complexity index is 1910. The summed E-state index contributed by atoms with van der Waals surface area (Å²) in [5, 5.41) is 16.2. The van der Waals surface area contributed by atoms with Gasteiger partial charge in [-0.2, -0.15) is 5.26 Å². The van der Waals surface area contributed by atoms with Gasteiger partial charge >= 0.3 is 0 Å². The molecule has 2 heterocycles. The van der Waals surface area contributed by atoms with Crippen LogP contribution in [0.2, 0.25) is 0 Å². The van der Waals surface area contributed by atoms with E-state index in [0.29, 0.717) is 29.8 Å². The summed E-state index contributed by atoms with van der Waals surface area (Å²) in [6.07, 6.45) is 0. The standard InChI is InChI=1S/C32H24FN3O2/c1-17-9-19(14-34)10-18(2)29(17)16-36-32(37)21-4-7-26-28(13-21)31-27-12-20(3-6-25(27)30(26)38-31)24-8-5-23(33)11-22(24)15-35/h3-13H,14,16,34H2,1-2H3,(H,36,37). The molecule has 5 nitrogen and oxygen atoms in total. The quantitative estimate of drug-likeness (QED) is 0.252. The SMILES string of the molecule is Cc1cc(CN)cc(C)c1CNC(=O)c1ccc2c(c1)c1oc2c2ccc(-c3ccc(F)cc3C#N)cc21. The van der Waals surface area contributed by atoms with Crippen molar-refractivity contribution in [3.05, 3.63) is 106 Å². The minimum atomic E-state index is -0.448. The van der Waals surface area contributed by atoms with Crippen molar-refractivity contribution in [2.24, 2.45) is 5.73 Å². The van der Waals surface area contributed by atoms with E-state index in [1.165, 1.54) is 12.1 Å². The lowest BCUT2D eigenvalue weighted by molar-refractivity contribution is 0.0951. The predicted molar refractivity (Wildman–Crippen MR) is 147 cm³/mol. The van der Waals surface area contributed by atoms with Crippen molar-refractivity contribution in [2.75, 3.05) is 0 Å². The highest BCUT2D eigenvalue weighted by molar-refractivity contribution is 6.26. The zero-order valence-corrected chi connectivity index (χ0v) is 21.0. The van der Waals surface area contributed by atoms with Gasteiger partial charge in [0, 0.05) is 40.2 Å². The number of amides is 1. The Hall–Kier alpha value is -4.73. The molecule has 0 radical (unpaired) electrons. The molecule has 0 spiro atoms. The van der Waals surface area contributed by atoms with Crippen LogP contribution in [-0.4, -0.2) is 5.91 Å². The predicted octanol–water partition coefficient (Wildman–Crippen LogP) is 6.86. The Kier molecular flexibility index (Phi) is 5.59. The van der Waals surface area contributed by atoms with Gasteiger partial charge in [-0.3, -0.25) is 4.79 Å². The molecule has 2 bridgehead atoms. The highest BCUT2D eigenvalue weighted by atomic mass is 19.1. The van der Waals surface area contributed by atoms with Crippen molar-refractivity contribution in [1.82, 2.24) is 5.32 Å². The third-order valence-corrected chi connectivity index (χ3v) is 7.31. The number of carbonyl (C=O) groups excluding carboxylic acids is 1. The second-order valence-electron chi connectivity index (χ2n) is 9.68. The first-order valence-electron chi connectivity index (χ1n) is 12.4. The van der Waals surface area contributed by atoms with Gasteiger partial charge in [-0.05, 0) is 89.7 Å². The number of fused-ring (bicyclic) bond motifs is 8. The summed E-state index contributed by atoms with van der Waals surface area (Å²) in [4.78, 5) is 13.1. The molecule has 0 unspecified atom stereocenters. The molecule has 2 aromatic heterocycles. The first-order valence-corrected chi connectivity index (χ1v) is 12.4. The summed E-state index contributed by atoms with van der Waals surface area (Å²) in [7, 11) is 0. The van der Waals surface area contributed by atoms with Crippen molar-refractivity contribution in [1.29, 1.82) is 5.26 Å². The van der Waals surface area contributed by atoms with Crippen LogP contribution in [0.25, 0.3) is 43.8 Å². The molecule has 4 aromatic carbocycles. The van der Waals surface area contributed by atoms with Crippen molar-refractivity contribution in [3.63, 3.8) is 0 Å². The highest BCUT2D eigenvalue weighted by Gasteiger charge is 2.20. The normalized spacial score (nSPS) is 11.4. The summed E-state index contributed by atoms with van der Waals surface area (Å²) in [5.41, 5.74) is 13.9. The van der Waals surface area contributed by atoms with E-state index in [4.69, 9.17) is 10.2 Å². The van der Waals surface area contributed by atoms with Crippen molar-refractivity contribution < 1.29 is 13.6 Å². The topological polar surface area (TPSA) is 92.0 Å². The number of rotatable bonds is 5. The molecule has 3 N–H and O–H groups in total. The van der Waals surface area contributed by atoms with Crippen molar-refractivity contribution in [2.45, 2.75) is 26.9 Å². The molecule has 38 heavy (non-hydrogen) atoms. The van der Waals surface area contributed by atoms with Crippen LogP contribution in [-0.2, 0) is 13.1 Å². The lowest BCUT2D eigenvalue weighted by Crippen LogP contribution is -2.23. The monoisotopic (exact) mass is 501 g/mol. The fourth-order valence-corrected chi connectivity index (χ4v) is 5.39. The second kappa shape index (κ2) is 8.98. The molecule has 0 aliphatic rings. The third kappa shape index (κ3) is 3.76. The van der Waals surface area contributed by atoms with E-state index in [9.17, 15) is 14.4 Å². The van der Waals surface area contributed by atoms with Gasteiger partial charge in [-0.15, -0.1) is 0 Å². The highest BCUT2D eigenvalue weighted by Crippen LogP contribution is 2.42. The third-order valence-electron chi connectivity index (χ3n) is 7.31. The lowest BCUT2D eigenvalue weighted by atomic mass is 9.95. The molecule has 0 saturated heterocycles.